The number of rotatable bonds is 38. The van der Waals surface area contributed by atoms with E-state index in [1.54, 1.807) is 0 Å². The summed E-state index contributed by atoms with van der Waals surface area (Å²) >= 11 is 0. The molecule has 1 fully saturated rings. The predicted octanol–water partition coefficient (Wildman–Crippen LogP) is 6.81. The summed E-state index contributed by atoms with van der Waals surface area (Å²) in [6.45, 7) is 2.53. The summed E-state index contributed by atoms with van der Waals surface area (Å²) in [6.07, 6.45) is 36.6. The van der Waals surface area contributed by atoms with Gasteiger partial charge in [-0.05, 0) is 83.1 Å². The van der Waals surface area contributed by atoms with E-state index in [0.29, 0.717) is 12.8 Å². The summed E-state index contributed by atoms with van der Waals surface area (Å²) in [6, 6.07) is 3.18. The molecule has 0 aliphatic carbocycles. The van der Waals surface area contributed by atoms with Crippen LogP contribution in [0.1, 0.15) is 174 Å². The molecule has 3 N–H and O–H groups in total. The van der Waals surface area contributed by atoms with Gasteiger partial charge in [-0.1, -0.05) is 127 Å². The van der Waals surface area contributed by atoms with Gasteiger partial charge in [0.05, 0.1) is 19.3 Å². The number of carbonyl (C=O) groups is 2. The number of phosphoric ester groups is 1. The van der Waals surface area contributed by atoms with Crippen LogP contribution in [0.25, 0.3) is 0 Å². The van der Waals surface area contributed by atoms with Gasteiger partial charge in [-0.2, -0.15) is 10.2 Å². The first-order valence-electron chi connectivity index (χ1n) is 24.1. The molecule has 1 aromatic rings. The summed E-state index contributed by atoms with van der Waals surface area (Å²) in [7, 11) is -5.12. The fraction of sp³-hybridized carbons (Fsp3) is 0.694. The van der Waals surface area contributed by atoms with Crippen LogP contribution < -0.4 is 45.9 Å². The maximum absolute atomic E-state index is 12.9. The van der Waals surface area contributed by atoms with Gasteiger partial charge in [-0.15, -0.1) is 0 Å². The van der Waals surface area contributed by atoms with Gasteiger partial charge in [0.2, 0.25) is 0 Å². The summed E-state index contributed by atoms with van der Waals surface area (Å²) in [5.74, 6) is -2.41. The molecule has 2 unspecified atom stereocenters. The molecule has 2 rings (SSSR count). The Balaban J connectivity index is 0.0000218. The maximum Gasteiger partial charge on any atom is 1.00 e. The van der Waals surface area contributed by atoms with Crippen LogP contribution in [0.15, 0.2) is 65.7 Å². The van der Waals surface area contributed by atoms with E-state index in [-0.39, 0.29) is 48.2 Å². The summed E-state index contributed by atoms with van der Waals surface area (Å²) < 4.78 is 40.4. The number of aliphatic hydroxyl groups is 1. The SMILES string of the molecule is CCCCC/C=C\C/C=C\CCCCCCCC(=O)OCC(COP(=O)([O-])OC[C@H]1O[C@@H](n2ccc(N)nc2=O)[C@@H](C#N)[C@@H]1O)OC(=O)CCCCCCC/C=C\C/C=C\CCCCC.[Na+]. The Morgan fingerprint density at radius 3 is 1.83 bits per heavy atom. The summed E-state index contributed by atoms with van der Waals surface area (Å²) in [4.78, 5) is 54.3. The number of nitrogens with zero attached hydrogens (tertiary/aromatic N) is 3. The third-order valence-electron chi connectivity index (χ3n) is 10.9. The fourth-order valence-corrected chi connectivity index (χ4v) is 7.79. The minimum absolute atomic E-state index is 0. The van der Waals surface area contributed by atoms with Crippen LogP contribution >= 0.6 is 7.82 Å². The molecule has 1 aliphatic rings. The average Bonchev–Trinajstić information content (AvgIpc) is 3.60. The molecule has 2 heterocycles. The molecule has 1 aromatic heterocycles. The van der Waals surface area contributed by atoms with Crippen molar-refractivity contribution in [3.8, 4) is 6.07 Å². The van der Waals surface area contributed by atoms with E-state index >= 15 is 0 Å². The van der Waals surface area contributed by atoms with Crippen LogP contribution in [0.4, 0.5) is 5.82 Å². The minimum atomic E-state index is -5.12. The zero-order chi connectivity index (χ0) is 47.4. The van der Waals surface area contributed by atoms with Gasteiger partial charge in [0.15, 0.2) is 12.3 Å². The normalized spacial score (nSPS) is 18.8. The Morgan fingerprint density at radius 2 is 1.32 bits per heavy atom. The van der Waals surface area contributed by atoms with E-state index in [1.165, 1.54) is 50.8 Å². The Labute approximate surface area is 416 Å². The first-order valence-corrected chi connectivity index (χ1v) is 25.6. The van der Waals surface area contributed by atoms with Crippen LogP contribution in [-0.2, 0) is 37.4 Å². The largest absolute Gasteiger partial charge is 1.00 e. The van der Waals surface area contributed by atoms with Crippen molar-refractivity contribution in [1.82, 2.24) is 9.55 Å². The molecule has 1 saturated heterocycles. The Kier molecular flexibility index (Phi) is 36.1. The number of nitrogen functional groups attached to an aromatic ring is 1. The van der Waals surface area contributed by atoms with Gasteiger partial charge in [0.25, 0.3) is 7.82 Å². The second kappa shape index (κ2) is 39.0. The third-order valence-corrected chi connectivity index (χ3v) is 11.8. The Hall–Kier alpha value is -2.90. The minimum Gasteiger partial charge on any atom is -0.756 e. The van der Waals surface area contributed by atoms with E-state index in [2.05, 4.69) is 67.4 Å². The molecule has 0 spiro atoms. The number of nitrogens with two attached hydrogens (primary N) is 1. The number of hydrogen-bond donors (Lipinski definition) is 2. The number of anilines is 1. The average molecular weight is 953 g/mol. The van der Waals surface area contributed by atoms with Crippen molar-refractivity contribution in [3.63, 3.8) is 0 Å². The van der Waals surface area contributed by atoms with Gasteiger partial charge < -0.3 is 39.0 Å². The van der Waals surface area contributed by atoms with Crippen molar-refractivity contribution in [3.05, 3.63) is 71.4 Å². The van der Waals surface area contributed by atoms with Crippen molar-refractivity contribution in [2.45, 2.75) is 192 Å². The van der Waals surface area contributed by atoms with E-state index < -0.39 is 75.7 Å². The van der Waals surface area contributed by atoms with E-state index in [4.69, 9.17) is 29.0 Å². The molecular formula is C49H78N4NaO11P. The molecule has 0 saturated carbocycles. The smallest absolute Gasteiger partial charge is 0.756 e. The standard InChI is InChI=1S/C49H79N4O11P.Na/c1-3-5-7-9-11-13-15-17-19-21-23-25-27-29-31-33-45(54)60-38-41(63-46(55)34-32-30-28-26-24-22-20-18-16-14-12-10-8-6-4-2)39-61-65(58,59)62-40-43-47(56)42(37-50)48(64-43)53-36-35-44(51)52-49(53)57;/h11-14,17-20,35-36,41-43,47-48,56H,3-10,15-16,21-34,38-40H2,1-2H3,(H,58,59)(H2,51,52,57);/q;+1/p-1/b13-11-,14-12-,19-17-,20-18-;/t41?,42-,43+,47-,48+;/m0./s1. The molecule has 366 valence electrons. The van der Waals surface area contributed by atoms with Gasteiger partial charge in [0, 0.05) is 19.0 Å². The number of aromatic nitrogens is 2. The van der Waals surface area contributed by atoms with Crippen LogP contribution in [-0.4, -0.2) is 64.7 Å². The number of unbranched alkanes of at least 4 members (excludes halogenated alkanes) is 16. The number of hydrogen-bond acceptors (Lipinski definition) is 14. The van der Waals surface area contributed by atoms with Crippen molar-refractivity contribution in [2.75, 3.05) is 25.6 Å². The van der Waals surface area contributed by atoms with Gasteiger partial charge in [-0.25, -0.2) is 4.79 Å². The van der Waals surface area contributed by atoms with Crippen molar-refractivity contribution in [1.29, 1.82) is 5.26 Å². The zero-order valence-electron chi connectivity index (χ0n) is 40.1. The molecule has 1 aliphatic heterocycles. The number of ether oxygens (including phenoxy) is 3. The maximum atomic E-state index is 12.9. The van der Waals surface area contributed by atoms with Crippen LogP contribution in [0.2, 0.25) is 0 Å². The number of phosphoric acid groups is 1. The number of nitriles is 1. The van der Waals surface area contributed by atoms with Crippen LogP contribution in [0, 0.1) is 17.2 Å². The molecule has 15 nitrogen and oxygen atoms in total. The second-order valence-electron chi connectivity index (χ2n) is 16.5. The number of carbonyl (C=O) groups excluding carboxylic acids is 2. The van der Waals surface area contributed by atoms with E-state index in [9.17, 15) is 34.2 Å². The first-order chi connectivity index (χ1) is 31.5. The summed E-state index contributed by atoms with van der Waals surface area (Å²) in [5.41, 5.74) is 4.72. The van der Waals surface area contributed by atoms with Crippen LogP contribution in [0.5, 0.6) is 0 Å². The van der Waals surface area contributed by atoms with Crippen molar-refractivity contribution >= 4 is 25.6 Å². The zero-order valence-corrected chi connectivity index (χ0v) is 43.0. The molecular weight excluding hydrogens is 875 g/mol. The molecule has 66 heavy (non-hydrogen) atoms. The van der Waals surface area contributed by atoms with Gasteiger partial charge in [-0.3, -0.25) is 18.7 Å². The fourth-order valence-electron chi connectivity index (χ4n) is 7.04. The Bertz CT molecular complexity index is 1730. The topological polar surface area (TPSA) is 225 Å². The second-order valence-corrected chi connectivity index (χ2v) is 18.0. The van der Waals surface area contributed by atoms with E-state index in [0.717, 1.165) is 94.5 Å². The molecule has 0 bridgehead atoms. The molecule has 0 radical (unpaired) electrons. The molecule has 17 heteroatoms. The molecule has 6 atom stereocenters. The number of allylic oxidation sites excluding steroid dienone is 8. The van der Waals surface area contributed by atoms with Crippen molar-refractivity contribution in [2.24, 2.45) is 5.92 Å². The number of aliphatic hydroxyl groups excluding tert-OH is 1. The van der Waals surface area contributed by atoms with Gasteiger partial charge in [0.1, 0.15) is 30.6 Å². The van der Waals surface area contributed by atoms with Crippen molar-refractivity contribution < 1.29 is 77.0 Å². The van der Waals surface area contributed by atoms with E-state index in [1.807, 2.05) is 6.07 Å². The van der Waals surface area contributed by atoms with Gasteiger partial charge >= 0.3 is 47.2 Å². The molecule has 0 amide bonds. The monoisotopic (exact) mass is 953 g/mol. The molecule has 0 aromatic carbocycles. The predicted molar refractivity (Wildman–Crippen MR) is 251 cm³/mol. The summed E-state index contributed by atoms with van der Waals surface area (Å²) in [5, 5.41) is 20.4. The number of esters is 2. The third kappa shape index (κ3) is 29.1. The Morgan fingerprint density at radius 1 is 0.818 bits per heavy atom. The quantitative estimate of drug-likeness (QED) is 0.0228. The first kappa shape index (κ1) is 61.1. The van der Waals surface area contributed by atoms with Crippen LogP contribution in [0.3, 0.4) is 0 Å².